The maximum absolute atomic E-state index is 12.6. The highest BCUT2D eigenvalue weighted by molar-refractivity contribution is 6.00. The minimum absolute atomic E-state index is 0.128. The highest BCUT2D eigenvalue weighted by Gasteiger charge is 2.28. The van der Waals surface area contributed by atoms with Crippen LogP contribution in [0.15, 0.2) is 54.6 Å². The van der Waals surface area contributed by atoms with Crippen molar-refractivity contribution < 1.29 is 14.3 Å². The molecule has 3 rings (SSSR count). The van der Waals surface area contributed by atoms with Crippen molar-refractivity contribution in [3.63, 3.8) is 0 Å². The SMILES string of the molecule is C[C@@H](NC(=O)OCc1ccccc1)C(=O)N1CCc2ccccc21. The Kier molecular flexibility index (Phi) is 4.79. The first-order valence-electron chi connectivity index (χ1n) is 8.01. The molecule has 24 heavy (non-hydrogen) atoms. The summed E-state index contributed by atoms with van der Waals surface area (Å²) in [6.45, 7) is 2.50. The summed E-state index contributed by atoms with van der Waals surface area (Å²) in [6.07, 6.45) is 0.250. The molecule has 1 aliphatic heterocycles. The lowest BCUT2D eigenvalue weighted by atomic mass is 10.2. The first kappa shape index (κ1) is 16.1. The molecule has 1 atom stereocenters. The van der Waals surface area contributed by atoms with Crippen LogP contribution in [-0.4, -0.2) is 24.6 Å². The molecular formula is C19H20N2O3. The van der Waals surface area contributed by atoms with E-state index in [1.807, 2.05) is 54.6 Å². The van der Waals surface area contributed by atoms with Gasteiger partial charge in [0.2, 0.25) is 5.91 Å². The Bertz CT molecular complexity index is 730. The van der Waals surface area contributed by atoms with Crippen molar-refractivity contribution in [2.75, 3.05) is 11.4 Å². The van der Waals surface area contributed by atoms with E-state index in [-0.39, 0.29) is 12.5 Å². The van der Waals surface area contributed by atoms with Crippen molar-refractivity contribution in [2.24, 2.45) is 0 Å². The predicted octanol–water partition coefficient (Wildman–Crippen LogP) is 2.89. The minimum Gasteiger partial charge on any atom is -0.445 e. The number of hydrogen-bond donors (Lipinski definition) is 1. The molecular weight excluding hydrogens is 304 g/mol. The summed E-state index contributed by atoms with van der Waals surface area (Å²) in [7, 11) is 0. The summed E-state index contributed by atoms with van der Waals surface area (Å²) in [5, 5.41) is 2.61. The Morgan fingerprint density at radius 2 is 1.83 bits per heavy atom. The van der Waals surface area contributed by atoms with Gasteiger partial charge in [0.1, 0.15) is 12.6 Å². The summed E-state index contributed by atoms with van der Waals surface area (Å²) in [5.74, 6) is -0.128. The summed E-state index contributed by atoms with van der Waals surface area (Å²) in [5.41, 5.74) is 2.98. The van der Waals surface area contributed by atoms with Gasteiger partial charge in [-0.3, -0.25) is 4.79 Å². The fraction of sp³-hybridized carbons (Fsp3) is 0.263. The molecule has 1 N–H and O–H groups in total. The largest absolute Gasteiger partial charge is 0.445 e. The van der Waals surface area contributed by atoms with Gasteiger partial charge in [0.25, 0.3) is 0 Å². The predicted molar refractivity (Wildman–Crippen MR) is 91.7 cm³/mol. The molecule has 0 saturated carbocycles. The van der Waals surface area contributed by atoms with Crippen molar-refractivity contribution in [3.8, 4) is 0 Å². The van der Waals surface area contributed by atoms with E-state index in [4.69, 9.17) is 4.74 Å². The molecule has 0 spiro atoms. The highest BCUT2D eigenvalue weighted by Crippen LogP contribution is 2.27. The Morgan fingerprint density at radius 1 is 1.12 bits per heavy atom. The normalized spacial score (nSPS) is 14.0. The number of amides is 2. The third-order valence-corrected chi connectivity index (χ3v) is 4.07. The number of anilines is 1. The Balaban J connectivity index is 1.54. The van der Waals surface area contributed by atoms with Crippen molar-refractivity contribution in [1.29, 1.82) is 0 Å². The molecule has 1 aliphatic rings. The number of alkyl carbamates (subject to hydrolysis) is 1. The lowest BCUT2D eigenvalue weighted by Crippen LogP contribution is -2.46. The van der Waals surface area contributed by atoms with Crippen LogP contribution in [0.4, 0.5) is 10.5 Å². The van der Waals surface area contributed by atoms with Crippen LogP contribution in [0.5, 0.6) is 0 Å². The molecule has 0 saturated heterocycles. The molecule has 2 aromatic rings. The van der Waals surface area contributed by atoms with E-state index >= 15 is 0 Å². The zero-order valence-corrected chi connectivity index (χ0v) is 13.6. The number of rotatable bonds is 4. The smallest absolute Gasteiger partial charge is 0.408 e. The van der Waals surface area contributed by atoms with Crippen LogP contribution in [0.1, 0.15) is 18.1 Å². The molecule has 0 radical (unpaired) electrons. The number of benzene rings is 2. The van der Waals surface area contributed by atoms with Crippen LogP contribution in [0, 0.1) is 0 Å². The fourth-order valence-electron chi connectivity index (χ4n) is 2.80. The van der Waals surface area contributed by atoms with Crippen molar-refractivity contribution in [2.45, 2.75) is 26.0 Å². The Morgan fingerprint density at radius 3 is 2.62 bits per heavy atom. The number of hydrogen-bond acceptors (Lipinski definition) is 3. The van der Waals surface area contributed by atoms with Gasteiger partial charge in [0.05, 0.1) is 0 Å². The minimum atomic E-state index is -0.639. The van der Waals surface area contributed by atoms with Gasteiger partial charge in [-0.25, -0.2) is 4.79 Å². The summed E-state index contributed by atoms with van der Waals surface area (Å²) in [6, 6.07) is 16.6. The molecule has 0 unspecified atom stereocenters. The van der Waals surface area contributed by atoms with Gasteiger partial charge in [-0.05, 0) is 30.5 Å². The fourth-order valence-corrected chi connectivity index (χ4v) is 2.80. The molecule has 124 valence electrons. The second-order valence-corrected chi connectivity index (χ2v) is 5.80. The number of nitrogens with zero attached hydrogens (tertiary/aromatic N) is 1. The zero-order chi connectivity index (χ0) is 16.9. The number of carbonyl (C=O) groups is 2. The van der Waals surface area contributed by atoms with Gasteiger partial charge in [-0.15, -0.1) is 0 Å². The number of ether oxygens (including phenoxy) is 1. The van der Waals surface area contributed by atoms with Crippen LogP contribution in [0.2, 0.25) is 0 Å². The number of para-hydroxylation sites is 1. The maximum Gasteiger partial charge on any atom is 0.408 e. The van der Waals surface area contributed by atoms with Crippen molar-refractivity contribution in [1.82, 2.24) is 5.32 Å². The molecule has 0 aromatic heterocycles. The molecule has 5 heteroatoms. The van der Waals surface area contributed by atoms with Crippen LogP contribution < -0.4 is 10.2 Å². The van der Waals surface area contributed by atoms with Gasteiger partial charge in [-0.1, -0.05) is 48.5 Å². The molecule has 2 aromatic carbocycles. The lowest BCUT2D eigenvalue weighted by Gasteiger charge is -2.22. The number of fused-ring (bicyclic) bond motifs is 1. The van der Waals surface area contributed by atoms with Crippen LogP contribution >= 0.6 is 0 Å². The van der Waals surface area contributed by atoms with Gasteiger partial charge in [0.15, 0.2) is 0 Å². The monoisotopic (exact) mass is 324 g/mol. The Labute approximate surface area is 141 Å². The molecule has 0 bridgehead atoms. The number of nitrogens with one attached hydrogen (secondary N) is 1. The van der Waals surface area contributed by atoms with Crippen molar-refractivity contribution >= 4 is 17.7 Å². The first-order chi connectivity index (χ1) is 11.6. The zero-order valence-electron chi connectivity index (χ0n) is 13.6. The summed E-state index contributed by atoms with van der Waals surface area (Å²) >= 11 is 0. The van der Waals surface area contributed by atoms with Crippen LogP contribution in [-0.2, 0) is 22.6 Å². The quantitative estimate of drug-likeness (QED) is 0.941. The summed E-state index contributed by atoms with van der Waals surface area (Å²) in [4.78, 5) is 26.2. The van der Waals surface area contributed by atoms with E-state index in [1.165, 1.54) is 0 Å². The molecule has 0 fully saturated rings. The first-order valence-corrected chi connectivity index (χ1v) is 8.01. The Hall–Kier alpha value is -2.82. The second kappa shape index (κ2) is 7.17. The number of carbonyl (C=O) groups excluding carboxylic acids is 2. The third kappa shape index (κ3) is 3.56. The molecule has 2 amide bonds. The molecule has 5 nitrogen and oxygen atoms in total. The third-order valence-electron chi connectivity index (χ3n) is 4.07. The van der Waals surface area contributed by atoms with Gasteiger partial charge in [0, 0.05) is 12.2 Å². The standard InChI is InChI=1S/C19H20N2O3/c1-14(20-19(23)24-13-15-7-3-2-4-8-15)18(22)21-12-11-16-9-5-6-10-17(16)21/h2-10,14H,11-13H2,1H3,(H,20,23)/t14-/m1/s1. The molecule has 0 aliphatic carbocycles. The van der Waals surface area contributed by atoms with Gasteiger partial charge in [-0.2, -0.15) is 0 Å². The van der Waals surface area contributed by atoms with Crippen molar-refractivity contribution in [3.05, 3.63) is 65.7 Å². The van der Waals surface area contributed by atoms with E-state index in [1.54, 1.807) is 11.8 Å². The van der Waals surface area contributed by atoms with E-state index in [0.717, 1.165) is 23.2 Å². The van der Waals surface area contributed by atoms with Gasteiger partial charge >= 0.3 is 6.09 Å². The molecule has 1 heterocycles. The average Bonchev–Trinajstić information content (AvgIpc) is 3.04. The van der Waals surface area contributed by atoms with Gasteiger partial charge < -0.3 is 15.0 Å². The highest BCUT2D eigenvalue weighted by atomic mass is 16.5. The summed E-state index contributed by atoms with van der Waals surface area (Å²) < 4.78 is 5.16. The van der Waals surface area contributed by atoms with E-state index < -0.39 is 12.1 Å². The average molecular weight is 324 g/mol. The van der Waals surface area contributed by atoms with Crippen LogP contribution in [0.3, 0.4) is 0 Å². The van der Waals surface area contributed by atoms with E-state index in [0.29, 0.717) is 6.54 Å². The topological polar surface area (TPSA) is 58.6 Å². The maximum atomic E-state index is 12.6. The lowest BCUT2D eigenvalue weighted by molar-refractivity contribution is -0.120. The van der Waals surface area contributed by atoms with E-state index in [9.17, 15) is 9.59 Å². The van der Waals surface area contributed by atoms with E-state index in [2.05, 4.69) is 5.32 Å². The van der Waals surface area contributed by atoms with Crippen LogP contribution in [0.25, 0.3) is 0 Å². The second-order valence-electron chi connectivity index (χ2n) is 5.80.